The molecule has 0 aromatic heterocycles. The minimum atomic E-state index is -1.60. The normalized spacial score (nSPS) is 13.0. The van der Waals surface area contributed by atoms with E-state index in [4.69, 9.17) is 4.43 Å². The molecule has 0 N–H and O–H groups in total. The molecule has 0 spiro atoms. The lowest BCUT2D eigenvalue weighted by Crippen LogP contribution is -2.40. The number of allylic oxidation sites excluding steroid dienone is 1. The van der Waals surface area contributed by atoms with Crippen molar-refractivity contribution in [2.24, 2.45) is 0 Å². The molecule has 0 amide bonds. The van der Waals surface area contributed by atoms with E-state index in [1.807, 2.05) is 12.1 Å². The lowest BCUT2D eigenvalue weighted by atomic mass is 10.1. The summed E-state index contributed by atoms with van der Waals surface area (Å²) in [6.45, 7) is 12.2. The second-order valence-electron chi connectivity index (χ2n) is 7.03. The third kappa shape index (κ3) is 6.57. The minimum Gasteiger partial charge on any atom is -0.417 e. The molecule has 0 atom stereocenters. The SMILES string of the molecule is CC(C)(C)[Si](C)(C)OCC/C=C/CCc1ccc(F)cc1. The standard InChI is InChI=1S/C18H29FOSi/c1-18(2,3)21(4,5)20-15-9-7-6-8-10-16-11-13-17(19)14-12-16/h6-7,11-14H,8-10,15H2,1-5H3/b7-6+. The van der Waals surface area contributed by atoms with Crippen LogP contribution in [0.1, 0.15) is 39.2 Å². The predicted octanol–water partition coefficient (Wildman–Crippen LogP) is 5.73. The summed E-state index contributed by atoms with van der Waals surface area (Å²) in [5, 5.41) is 0.277. The number of aryl methyl sites for hydroxylation is 1. The highest BCUT2D eigenvalue weighted by Gasteiger charge is 2.36. The van der Waals surface area contributed by atoms with Crippen molar-refractivity contribution in [1.82, 2.24) is 0 Å². The Hall–Kier alpha value is -0.933. The van der Waals surface area contributed by atoms with E-state index in [9.17, 15) is 4.39 Å². The number of rotatable bonds is 7. The second kappa shape index (κ2) is 7.90. The summed E-state index contributed by atoms with van der Waals surface area (Å²) in [5.74, 6) is -0.169. The smallest absolute Gasteiger partial charge is 0.191 e. The first-order valence-electron chi connectivity index (χ1n) is 7.76. The van der Waals surface area contributed by atoms with Gasteiger partial charge in [0.25, 0.3) is 0 Å². The van der Waals surface area contributed by atoms with Gasteiger partial charge in [-0.15, -0.1) is 0 Å². The average molecular weight is 309 g/mol. The molecule has 118 valence electrons. The summed E-state index contributed by atoms with van der Waals surface area (Å²) in [4.78, 5) is 0. The Morgan fingerprint density at radius 3 is 2.19 bits per heavy atom. The third-order valence-electron chi connectivity index (χ3n) is 4.23. The predicted molar refractivity (Wildman–Crippen MR) is 91.6 cm³/mol. The molecule has 0 fully saturated rings. The lowest BCUT2D eigenvalue weighted by molar-refractivity contribution is 0.294. The molecule has 1 rings (SSSR count). The van der Waals surface area contributed by atoms with Gasteiger partial charge in [0.1, 0.15) is 5.82 Å². The van der Waals surface area contributed by atoms with E-state index in [-0.39, 0.29) is 10.9 Å². The Morgan fingerprint density at radius 1 is 1.05 bits per heavy atom. The van der Waals surface area contributed by atoms with Crippen molar-refractivity contribution in [3.8, 4) is 0 Å². The van der Waals surface area contributed by atoms with Gasteiger partial charge in [-0.2, -0.15) is 0 Å². The molecular formula is C18H29FOSi. The van der Waals surface area contributed by atoms with Gasteiger partial charge in [-0.3, -0.25) is 0 Å². The summed E-state index contributed by atoms with van der Waals surface area (Å²) < 4.78 is 18.9. The quantitative estimate of drug-likeness (QED) is 0.355. The van der Waals surface area contributed by atoms with E-state index in [1.54, 1.807) is 0 Å². The molecule has 0 saturated carbocycles. The van der Waals surface area contributed by atoms with E-state index in [2.05, 4.69) is 46.0 Å². The molecule has 0 aliphatic rings. The molecule has 0 aliphatic carbocycles. The Balaban J connectivity index is 2.20. The van der Waals surface area contributed by atoms with Crippen LogP contribution in [-0.4, -0.2) is 14.9 Å². The van der Waals surface area contributed by atoms with E-state index in [1.165, 1.54) is 17.7 Å². The lowest BCUT2D eigenvalue weighted by Gasteiger charge is -2.36. The fraction of sp³-hybridized carbons (Fsp3) is 0.556. The Labute approximate surface area is 130 Å². The van der Waals surface area contributed by atoms with E-state index in [0.29, 0.717) is 0 Å². The summed E-state index contributed by atoms with van der Waals surface area (Å²) in [6.07, 6.45) is 7.30. The molecule has 0 aliphatic heterocycles. The summed E-state index contributed by atoms with van der Waals surface area (Å²) in [6, 6.07) is 6.74. The summed E-state index contributed by atoms with van der Waals surface area (Å²) in [5.41, 5.74) is 1.18. The van der Waals surface area contributed by atoms with Gasteiger partial charge in [0.15, 0.2) is 8.32 Å². The van der Waals surface area contributed by atoms with Gasteiger partial charge < -0.3 is 4.43 Å². The van der Waals surface area contributed by atoms with Crippen LogP contribution in [0.2, 0.25) is 18.1 Å². The van der Waals surface area contributed by atoms with Crippen LogP contribution in [0.5, 0.6) is 0 Å². The summed E-state index contributed by atoms with van der Waals surface area (Å²) >= 11 is 0. The fourth-order valence-electron chi connectivity index (χ4n) is 1.74. The van der Waals surface area contributed by atoms with Gasteiger partial charge in [0.2, 0.25) is 0 Å². The van der Waals surface area contributed by atoms with E-state index < -0.39 is 8.32 Å². The van der Waals surface area contributed by atoms with Crippen molar-refractivity contribution >= 4 is 8.32 Å². The van der Waals surface area contributed by atoms with Crippen LogP contribution >= 0.6 is 0 Å². The van der Waals surface area contributed by atoms with Crippen molar-refractivity contribution in [1.29, 1.82) is 0 Å². The molecule has 1 aromatic carbocycles. The zero-order chi connectivity index (χ0) is 15.9. The van der Waals surface area contributed by atoms with Crippen molar-refractivity contribution in [3.63, 3.8) is 0 Å². The Morgan fingerprint density at radius 2 is 1.62 bits per heavy atom. The third-order valence-corrected chi connectivity index (χ3v) is 8.77. The highest BCUT2D eigenvalue weighted by Crippen LogP contribution is 2.36. The van der Waals surface area contributed by atoms with Crippen LogP contribution < -0.4 is 0 Å². The van der Waals surface area contributed by atoms with Crippen LogP contribution in [0, 0.1) is 5.82 Å². The van der Waals surface area contributed by atoms with Crippen LogP contribution in [-0.2, 0) is 10.8 Å². The highest BCUT2D eigenvalue weighted by molar-refractivity contribution is 6.74. The number of halogens is 1. The van der Waals surface area contributed by atoms with Crippen molar-refractivity contribution in [3.05, 3.63) is 47.8 Å². The molecule has 1 aromatic rings. The maximum atomic E-state index is 12.8. The van der Waals surface area contributed by atoms with Crippen molar-refractivity contribution in [2.75, 3.05) is 6.61 Å². The summed E-state index contributed by atoms with van der Waals surface area (Å²) in [7, 11) is -1.60. The van der Waals surface area contributed by atoms with Crippen LogP contribution in [0.3, 0.4) is 0 Å². The molecule has 0 bridgehead atoms. The van der Waals surface area contributed by atoms with Crippen LogP contribution in [0.15, 0.2) is 36.4 Å². The molecular weight excluding hydrogens is 279 g/mol. The molecule has 3 heteroatoms. The maximum absolute atomic E-state index is 12.8. The van der Waals surface area contributed by atoms with Crippen LogP contribution in [0.25, 0.3) is 0 Å². The monoisotopic (exact) mass is 308 g/mol. The van der Waals surface area contributed by atoms with Crippen LogP contribution in [0.4, 0.5) is 4.39 Å². The van der Waals surface area contributed by atoms with E-state index >= 15 is 0 Å². The first-order chi connectivity index (χ1) is 9.72. The largest absolute Gasteiger partial charge is 0.417 e. The Kier molecular flexibility index (Phi) is 6.82. The van der Waals surface area contributed by atoms with Crippen molar-refractivity contribution in [2.45, 2.75) is 58.2 Å². The number of benzene rings is 1. The molecule has 1 nitrogen and oxygen atoms in total. The molecule has 0 unspecified atom stereocenters. The van der Waals surface area contributed by atoms with E-state index in [0.717, 1.165) is 25.9 Å². The fourth-order valence-corrected chi connectivity index (χ4v) is 2.80. The highest BCUT2D eigenvalue weighted by atomic mass is 28.4. The molecule has 0 radical (unpaired) electrons. The second-order valence-corrected chi connectivity index (χ2v) is 11.8. The zero-order valence-corrected chi connectivity index (χ0v) is 15.1. The molecule has 21 heavy (non-hydrogen) atoms. The topological polar surface area (TPSA) is 9.23 Å². The first kappa shape index (κ1) is 18.1. The van der Waals surface area contributed by atoms with Gasteiger partial charge >= 0.3 is 0 Å². The first-order valence-corrected chi connectivity index (χ1v) is 10.7. The minimum absolute atomic E-state index is 0.169. The number of hydrogen-bond acceptors (Lipinski definition) is 1. The van der Waals surface area contributed by atoms with Gasteiger partial charge in [-0.25, -0.2) is 4.39 Å². The molecule has 0 saturated heterocycles. The maximum Gasteiger partial charge on any atom is 0.191 e. The van der Waals surface area contributed by atoms with Gasteiger partial charge in [0, 0.05) is 6.61 Å². The van der Waals surface area contributed by atoms with Crippen molar-refractivity contribution < 1.29 is 8.82 Å². The van der Waals surface area contributed by atoms with Gasteiger partial charge in [-0.05, 0) is 55.1 Å². The molecule has 0 heterocycles. The van der Waals surface area contributed by atoms with Gasteiger partial charge in [0.05, 0.1) is 0 Å². The average Bonchev–Trinajstić information content (AvgIpc) is 2.38. The zero-order valence-electron chi connectivity index (χ0n) is 14.1. The number of hydrogen-bond donors (Lipinski definition) is 0. The Bertz CT molecular complexity index is 443. The van der Waals surface area contributed by atoms with Gasteiger partial charge in [-0.1, -0.05) is 45.1 Å².